The van der Waals surface area contributed by atoms with E-state index in [1.54, 1.807) is 63.9 Å². The first-order valence-corrected chi connectivity index (χ1v) is 8.86. The molecule has 0 N–H and O–H groups in total. The monoisotopic (exact) mass is 224 g/mol. The van der Waals surface area contributed by atoms with Crippen LogP contribution >= 0.6 is 7.92 Å². The third-order valence-corrected chi connectivity index (χ3v) is 8.70. The van der Waals surface area contributed by atoms with Crippen LogP contribution in [0.2, 0.25) is 0 Å². The second kappa shape index (κ2) is 4.74. The van der Waals surface area contributed by atoms with E-state index in [-0.39, 0.29) is 0 Å². The summed E-state index contributed by atoms with van der Waals surface area (Å²) in [6, 6.07) is 0. The van der Waals surface area contributed by atoms with E-state index in [9.17, 15) is 0 Å². The SMILES string of the molecule is C1CCC(P2CCC3CCCC2C3)CC1. The van der Waals surface area contributed by atoms with Crippen LogP contribution in [0.4, 0.5) is 0 Å². The third kappa shape index (κ3) is 2.26. The van der Waals surface area contributed by atoms with Gasteiger partial charge in [-0.15, -0.1) is 7.92 Å². The molecule has 3 atom stereocenters. The second-order valence-corrected chi connectivity index (χ2v) is 8.94. The molecular weight excluding hydrogens is 199 g/mol. The Morgan fingerprint density at radius 3 is 2.33 bits per heavy atom. The molecule has 0 spiro atoms. The summed E-state index contributed by atoms with van der Waals surface area (Å²) in [6.45, 7) is 0. The van der Waals surface area contributed by atoms with Gasteiger partial charge in [-0.3, -0.25) is 0 Å². The molecule has 2 bridgehead atoms. The Labute approximate surface area is 96.0 Å². The van der Waals surface area contributed by atoms with Crippen molar-refractivity contribution in [2.75, 3.05) is 6.16 Å². The molecule has 3 aliphatic rings. The Morgan fingerprint density at radius 1 is 0.667 bits per heavy atom. The van der Waals surface area contributed by atoms with Crippen LogP contribution in [0.15, 0.2) is 0 Å². The zero-order valence-corrected chi connectivity index (χ0v) is 10.9. The van der Waals surface area contributed by atoms with Gasteiger partial charge in [0.05, 0.1) is 0 Å². The Balaban J connectivity index is 1.64. The van der Waals surface area contributed by atoms with Gasteiger partial charge in [0.25, 0.3) is 0 Å². The molecule has 0 aromatic carbocycles. The summed E-state index contributed by atoms with van der Waals surface area (Å²) < 4.78 is 0. The first kappa shape index (κ1) is 10.6. The van der Waals surface area contributed by atoms with Crippen LogP contribution in [0, 0.1) is 5.92 Å². The van der Waals surface area contributed by atoms with Crippen LogP contribution in [0.5, 0.6) is 0 Å². The smallest absolute Gasteiger partial charge is 0.0204 e. The number of rotatable bonds is 1. The maximum Gasteiger partial charge on any atom is -0.0204 e. The van der Waals surface area contributed by atoms with E-state index in [0.717, 1.165) is 5.92 Å². The predicted molar refractivity (Wildman–Crippen MR) is 69.0 cm³/mol. The molecule has 0 aromatic heterocycles. The highest BCUT2D eigenvalue weighted by atomic mass is 31.1. The average Bonchev–Trinajstić information content (AvgIpc) is 2.31. The zero-order chi connectivity index (χ0) is 10.1. The average molecular weight is 224 g/mol. The van der Waals surface area contributed by atoms with Crippen LogP contribution in [0.3, 0.4) is 0 Å². The van der Waals surface area contributed by atoms with Crippen LogP contribution in [-0.4, -0.2) is 17.5 Å². The summed E-state index contributed by atoms with van der Waals surface area (Å²) in [6.07, 6.45) is 17.5. The van der Waals surface area contributed by atoms with Gasteiger partial charge in [-0.2, -0.15) is 0 Å². The molecule has 0 nitrogen and oxygen atoms in total. The summed E-state index contributed by atoms with van der Waals surface area (Å²) in [5, 5.41) is 0. The molecule has 0 aromatic rings. The first-order valence-electron chi connectivity index (χ1n) is 7.19. The summed E-state index contributed by atoms with van der Waals surface area (Å²) in [5.41, 5.74) is 2.42. The molecule has 3 fully saturated rings. The molecule has 2 saturated carbocycles. The zero-order valence-electron chi connectivity index (χ0n) is 9.96. The number of hydrogen-bond acceptors (Lipinski definition) is 0. The van der Waals surface area contributed by atoms with Gasteiger partial charge in [0.2, 0.25) is 0 Å². The maximum atomic E-state index is 1.66. The standard InChI is InChI=1S/C14H25P/c1-2-6-13(7-3-1)15-10-9-12-5-4-8-14(15)11-12/h12-14H,1-11H2. The van der Waals surface area contributed by atoms with Crippen LogP contribution in [0.1, 0.15) is 64.2 Å². The topological polar surface area (TPSA) is 0 Å². The highest BCUT2D eigenvalue weighted by Gasteiger charge is 2.36. The molecule has 1 aliphatic heterocycles. The Bertz CT molecular complexity index is 203. The van der Waals surface area contributed by atoms with E-state index in [1.165, 1.54) is 17.7 Å². The second-order valence-electron chi connectivity index (χ2n) is 6.00. The third-order valence-electron chi connectivity index (χ3n) is 5.06. The van der Waals surface area contributed by atoms with Crippen LogP contribution in [-0.2, 0) is 0 Å². The highest BCUT2D eigenvalue weighted by Crippen LogP contribution is 2.60. The van der Waals surface area contributed by atoms with Crippen molar-refractivity contribution in [2.45, 2.75) is 75.5 Å². The molecule has 86 valence electrons. The molecule has 1 heteroatoms. The fourth-order valence-corrected chi connectivity index (χ4v) is 8.34. The Morgan fingerprint density at radius 2 is 1.47 bits per heavy atom. The Kier molecular flexibility index (Phi) is 3.34. The van der Waals surface area contributed by atoms with Gasteiger partial charge in [0.15, 0.2) is 0 Å². The van der Waals surface area contributed by atoms with E-state index in [4.69, 9.17) is 0 Å². The largest absolute Gasteiger partial charge is 0.100 e. The van der Waals surface area contributed by atoms with Crippen molar-refractivity contribution in [1.29, 1.82) is 0 Å². The summed E-state index contributed by atoms with van der Waals surface area (Å²) >= 11 is 0. The molecule has 0 amide bonds. The maximum absolute atomic E-state index is 1.66. The molecule has 1 heterocycles. The summed E-state index contributed by atoms with van der Waals surface area (Å²) in [4.78, 5) is 0. The normalized spacial score (nSPS) is 42.8. The number of hydrogen-bond donors (Lipinski definition) is 0. The van der Waals surface area contributed by atoms with Crippen molar-refractivity contribution in [3.63, 3.8) is 0 Å². The minimum atomic E-state index is 0.471. The molecule has 3 unspecified atom stereocenters. The highest BCUT2D eigenvalue weighted by molar-refractivity contribution is 7.59. The molecule has 15 heavy (non-hydrogen) atoms. The van der Waals surface area contributed by atoms with Crippen molar-refractivity contribution in [2.24, 2.45) is 5.92 Å². The van der Waals surface area contributed by atoms with E-state index in [0.29, 0.717) is 7.92 Å². The quantitative estimate of drug-likeness (QED) is 0.563. The molecule has 3 rings (SSSR count). The van der Waals surface area contributed by atoms with Crippen LogP contribution < -0.4 is 0 Å². The number of fused-ring (bicyclic) bond motifs is 2. The fraction of sp³-hybridized carbons (Fsp3) is 1.00. The van der Waals surface area contributed by atoms with E-state index in [2.05, 4.69) is 0 Å². The minimum Gasteiger partial charge on any atom is -0.100 e. The van der Waals surface area contributed by atoms with Gasteiger partial charge in [-0.1, -0.05) is 32.1 Å². The van der Waals surface area contributed by atoms with Crippen molar-refractivity contribution in [3.05, 3.63) is 0 Å². The lowest BCUT2D eigenvalue weighted by atomic mass is 9.86. The lowest BCUT2D eigenvalue weighted by molar-refractivity contribution is 0.338. The van der Waals surface area contributed by atoms with Gasteiger partial charge in [0, 0.05) is 0 Å². The molecular formula is C14H25P. The molecule has 0 radical (unpaired) electrons. The summed E-state index contributed by atoms with van der Waals surface area (Å²) in [7, 11) is 0.471. The summed E-state index contributed by atoms with van der Waals surface area (Å²) in [5.74, 6) is 1.16. The van der Waals surface area contributed by atoms with Gasteiger partial charge < -0.3 is 0 Å². The minimum absolute atomic E-state index is 0.471. The van der Waals surface area contributed by atoms with Gasteiger partial charge in [-0.05, 0) is 55.5 Å². The fourth-order valence-electron chi connectivity index (χ4n) is 4.23. The van der Waals surface area contributed by atoms with Crippen molar-refractivity contribution in [3.8, 4) is 0 Å². The van der Waals surface area contributed by atoms with Gasteiger partial charge >= 0.3 is 0 Å². The first-order chi connectivity index (χ1) is 7.43. The lowest BCUT2D eigenvalue weighted by Crippen LogP contribution is -2.30. The van der Waals surface area contributed by atoms with Crippen molar-refractivity contribution < 1.29 is 0 Å². The lowest BCUT2D eigenvalue weighted by Gasteiger charge is -2.45. The van der Waals surface area contributed by atoms with E-state index < -0.39 is 0 Å². The van der Waals surface area contributed by atoms with Crippen LogP contribution in [0.25, 0.3) is 0 Å². The Hall–Kier alpha value is 0.430. The van der Waals surface area contributed by atoms with Crippen molar-refractivity contribution >= 4 is 7.92 Å². The van der Waals surface area contributed by atoms with E-state index >= 15 is 0 Å². The van der Waals surface area contributed by atoms with E-state index in [1.807, 2.05) is 0 Å². The molecule has 2 aliphatic carbocycles. The van der Waals surface area contributed by atoms with Crippen molar-refractivity contribution in [1.82, 2.24) is 0 Å². The predicted octanol–water partition coefficient (Wildman–Crippen LogP) is 4.76. The van der Waals surface area contributed by atoms with Gasteiger partial charge in [0.1, 0.15) is 0 Å². The van der Waals surface area contributed by atoms with Gasteiger partial charge in [-0.25, -0.2) is 0 Å². The molecule has 1 saturated heterocycles.